The van der Waals surface area contributed by atoms with Crippen LogP contribution in [0.4, 0.5) is 0 Å². The molecule has 0 fully saturated rings. The third kappa shape index (κ3) is 3.24. The lowest BCUT2D eigenvalue weighted by Gasteiger charge is -2.01. The summed E-state index contributed by atoms with van der Waals surface area (Å²) in [6.45, 7) is 2.12. The molecule has 0 saturated carbocycles. The van der Waals surface area contributed by atoms with Crippen LogP contribution in [0, 0.1) is 10.8 Å². The molecule has 0 aliphatic carbocycles. The van der Waals surface area contributed by atoms with Gasteiger partial charge in [-0.25, -0.2) is 13.1 Å². The van der Waals surface area contributed by atoms with Gasteiger partial charge in [-0.2, -0.15) is 0 Å². The Kier molecular flexibility index (Phi) is 3.91. The average Bonchev–Trinajstić information content (AvgIpc) is 1.99. The van der Waals surface area contributed by atoms with Gasteiger partial charge >= 0.3 is 0 Å². The minimum absolute atomic E-state index is 0.304. The van der Waals surface area contributed by atoms with E-state index in [1.54, 1.807) is 0 Å². The fraction of sp³-hybridized carbons (Fsp3) is 0.600. The molecule has 0 saturated heterocycles. The molecule has 0 bridgehead atoms. The van der Waals surface area contributed by atoms with Crippen LogP contribution >= 0.6 is 0 Å². The van der Waals surface area contributed by atoms with Crippen LogP contribution < -0.4 is 4.72 Å². The van der Waals surface area contributed by atoms with Crippen molar-refractivity contribution in [2.45, 2.75) is 13.3 Å². The van der Waals surface area contributed by atoms with E-state index in [0.717, 1.165) is 0 Å². The van der Waals surface area contributed by atoms with Crippen molar-refractivity contribution in [3.05, 3.63) is 0 Å². The van der Waals surface area contributed by atoms with E-state index < -0.39 is 15.1 Å². The minimum Gasteiger partial charge on any atom is -0.306 e. The van der Waals surface area contributed by atoms with Crippen LogP contribution in [-0.2, 0) is 10.0 Å². The van der Waals surface area contributed by atoms with E-state index in [1.165, 1.54) is 0 Å². The van der Waals surface area contributed by atoms with Gasteiger partial charge in [0.1, 0.15) is 0 Å². The molecule has 0 aliphatic rings. The Bertz CT molecular complexity index is 244. The highest BCUT2D eigenvalue weighted by Crippen LogP contribution is 1.84. The molecule has 6 heteroatoms. The first kappa shape index (κ1) is 10.2. The van der Waals surface area contributed by atoms with Crippen molar-refractivity contribution in [3.8, 4) is 0 Å². The third-order valence-corrected chi connectivity index (χ3v) is 2.24. The Balaban J connectivity index is 4.24. The third-order valence-electron chi connectivity index (χ3n) is 0.963. The maximum atomic E-state index is 10.8. The van der Waals surface area contributed by atoms with Crippen molar-refractivity contribution in [2.75, 3.05) is 6.54 Å². The van der Waals surface area contributed by atoms with E-state index in [0.29, 0.717) is 19.2 Å². The Hall–Kier alpha value is -0.750. The quantitative estimate of drug-likeness (QED) is 0.414. The predicted molar refractivity (Wildman–Crippen MR) is 43.7 cm³/mol. The fourth-order valence-electron chi connectivity index (χ4n) is 0.392. The van der Waals surface area contributed by atoms with Gasteiger partial charge in [-0.1, -0.05) is 6.92 Å². The van der Waals surface area contributed by atoms with Gasteiger partial charge in [0.2, 0.25) is 0 Å². The molecule has 0 heterocycles. The van der Waals surface area contributed by atoms with Crippen LogP contribution in [0.5, 0.6) is 0 Å². The van der Waals surface area contributed by atoms with Gasteiger partial charge in [-0.3, -0.25) is 5.41 Å². The van der Waals surface area contributed by atoms with Gasteiger partial charge in [0.05, 0.1) is 6.21 Å². The lowest BCUT2D eigenvalue weighted by atomic mass is 10.5. The first-order chi connectivity index (χ1) is 5.04. The van der Waals surface area contributed by atoms with Crippen LogP contribution in [0.2, 0.25) is 0 Å². The van der Waals surface area contributed by atoms with E-state index in [1.807, 2.05) is 6.92 Å². The van der Waals surface area contributed by atoms with E-state index in [9.17, 15) is 8.42 Å². The fourth-order valence-corrected chi connectivity index (χ4v) is 1.18. The van der Waals surface area contributed by atoms with Crippen molar-refractivity contribution < 1.29 is 8.42 Å². The normalized spacial score (nSPS) is 11.0. The summed E-state index contributed by atoms with van der Waals surface area (Å²) in [7, 11) is -3.68. The Labute approximate surface area is 65.9 Å². The molecule has 0 radical (unpaired) electrons. The van der Waals surface area contributed by atoms with Crippen LogP contribution in [0.15, 0.2) is 0 Å². The first-order valence-electron chi connectivity index (χ1n) is 3.13. The average molecular weight is 177 g/mol. The maximum absolute atomic E-state index is 10.8. The van der Waals surface area contributed by atoms with Crippen molar-refractivity contribution in [3.63, 3.8) is 0 Å². The molecule has 11 heavy (non-hydrogen) atoms. The summed E-state index contributed by atoms with van der Waals surface area (Å²) >= 11 is 0. The molecule has 5 nitrogen and oxygen atoms in total. The van der Waals surface area contributed by atoms with Gasteiger partial charge in [-0.05, 0) is 6.42 Å². The molecule has 0 spiro atoms. The first-order valence-corrected chi connectivity index (χ1v) is 4.61. The van der Waals surface area contributed by atoms with Crippen LogP contribution in [0.3, 0.4) is 0 Å². The zero-order valence-corrected chi connectivity index (χ0v) is 7.03. The molecule has 0 amide bonds. The van der Waals surface area contributed by atoms with E-state index >= 15 is 0 Å². The number of rotatable bonds is 4. The molecule has 0 unspecified atom stereocenters. The second-order valence-electron chi connectivity index (χ2n) is 1.91. The van der Waals surface area contributed by atoms with E-state index in [4.69, 9.17) is 10.8 Å². The molecular formula is C5H11N3O2S. The molecule has 64 valence electrons. The predicted octanol–water partition coefficient (Wildman–Crippen LogP) is -0.0574. The molecular weight excluding hydrogens is 166 g/mol. The van der Waals surface area contributed by atoms with Crippen LogP contribution in [0.25, 0.3) is 0 Å². The van der Waals surface area contributed by atoms with Gasteiger partial charge in [0.25, 0.3) is 10.0 Å². The highest BCUT2D eigenvalue weighted by molar-refractivity contribution is 8.06. The summed E-state index contributed by atoms with van der Waals surface area (Å²) in [6.07, 6.45) is 1.17. The van der Waals surface area contributed by atoms with Crippen LogP contribution in [0.1, 0.15) is 13.3 Å². The maximum Gasteiger partial charge on any atom is 0.258 e. The van der Waals surface area contributed by atoms with Crippen molar-refractivity contribution in [1.82, 2.24) is 4.72 Å². The number of sulfonamides is 1. The van der Waals surface area contributed by atoms with Gasteiger partial charge in [0.15, 0.2) is 5.04 Å². The van der Waals surface area contributed by atoms with Crippen molar-refractivity contribution >= 4 is 21.3 Å². The highest BCUT2D eigenvalue weighted by atomic mass is 32.2. The van der Waals surface area contributed by atoms with Crippen molar-refractivity contribution in [2.24, 2.45) is 0 Å². The largest absolute Gasteiger partial charge is 0.306 e. The molecule has 0 aromatic rings. The summed E-state index contributed by atoms with van der Waals surface area (Å²) in [6, 6.07) is 0. The SMILES string of the molecule is CCCNS(=O)(=O)C(=N)C=N. The standard InChI is InChI=1S/C5H11N3O2S/c1-2-3-8-11(9,10)5(7)4-6/h4,6-8H,2-3H2,1H3. The minimum atomic E-state index is -3.68. The summed E-state index contributed by atoms with van der Waals surface area (Å²) in [5.74, 6) is 0. The highest BCUT2D eigenvalue weighted by Gasteiger charge is 2.13. The van der Waals surface area contributed by atoms with Crippen molar-refractivity contribution in [1.29, 1.82) is 10.8 Å². The number of hydrogen-bond donors (Lipinski definition) is 3. The number of hydrogen-bond acceptors (Lipinski definition) is 4. The summed E-state index contributed by atoms with van der Waals surface area (Å²) in [4.78, 5) is 0. The Morgan fingerprint density at radius 1 is 1.64 bits per heavy atom. The molecule has 0 atom stereocenters. The molecule has 3 N–H and O–H groups in total. The zero-order valence-electron chi connectivity index (χ0n) is 6.22. The van der Waals surface area contributed by atoms with Gasteiger partial charge in [-0.15, -0.1) is 0 Å². The number of nitrogens with one attached hydrogen (secondary N) is 3. The van der Waals surface area contributed by atoms with E-state index in [2.05, 4.69) is 4.72 Å². The molecule has 0 rings (SSSR count). The summed E-state index contributed by atoms with van der Waals surface area (Å²) in [5.41, 5.74) is 0. The Morgan fingerprint density at radius 2 is 2.18 bits per heavy atom. The van der Waals surface area contributed by atoms with Crippen LogP contribution in [-0.4, -0.2) is 26.2 Å². The zero-order chi connectivity index (χ0) is 8.91. The second-order valence-corrected chi connectivity index (χ2v) is 3.64. The molecule has 0 aliphatic heterocycles. The van der Waals surface area contributed by atoms with Gasteiger partial charge in [0, 0.05) is 6.54 Å². The Morgan fingerprint density at radius 3 is 2.55 bits per heavy atom. The lowest BCUT2D eigenvalue weighted by Crippen LogP contribution is -2.31. The van der Waals surface area contributed by atoms with E-state index in [-0.39, 0.29) is 0 Å². The molecule has 0 aromatic heterocycles. The summed E-state index contributed by atoms with van der Waals surface area (Å²) in [5, 5.41) is 12.7. The monoisotopic (exact) mass is 177 g/mol. The topological polar surface area (TPSA) is 93.9 Å². The lowest BCUT2D eigenvalue weighted by molar-refractivity contribution is 0.593. The van der Waals surface area contributed by atoms with Gasteiger partial charge < -0.3 is 5.41 Å². The summed E-state index contributed by atoms with van der Waals surface area (Å²) < 4.78 is 23.8. The molecule has 0 aromatic carbocycles. The smallest absolute Gasteiger partial charge is 0.258 e. The second kappa shape index (κ2) is 4.20.